The number of amides is 1. The highest BCUT2D eigenvalue weighted by atomic mass is 32.1. The molecular formula is C36H32F5NO9S. The first-order valence-electron chi connectivity index (χ1n) is 15.6. The second-order valence-corrected chi connectivity index (χ2v) is 12.5. The number of rotatable bonds is 13. The number of nitrogens with one attached hydrogen (secondary N) is 1. The molecule has 0 saturated heterocycles. The molecule has 276 valence electrons. The van der Waals surface area contributed by atoms with Gasteiger partial charge in [-0.25, -0.2) is 9.18 Å². The smallest absolute Gasteiger partial charge is 0.486 e. The first-order chi connectivity index (χ1) is 24.5. The van der Waals surface area contributed by atoms with Crippen LogP contribution in [-0.4, -0.2) is 47.9 Å². The number of hydrogen-bond acceptors (Lipinski definition) is 9. The summed E-state index contributed by atoms with van der Waals surface area (Å²) in [6, 6.07) is 13.2. The summed E-state index contributed by atoms with van der Waals surface area (Å²) in [6.45, 7) is 5.02. The fraction of sp³-hybridized carbons (Fsp3) is 0.278. The fourth-order valence-corrected chi connectivity index (χ4v) is 5.63. The summed E-state index contributed by atoms with van der Waals surface area (Å²) in [5.74, 6) is -9.07. The van der Waals surface area contributed by atoms with E-state index in [1.165, 1.54) is 74.7 Å². The SMILES string of the molecule is CCC(C)OC(=O)C(COC(=O)Oc1c(F)cc(NC(=O)c2ccccc2-c2ccc(C(F)(F)F)cc2)c(OC(C)C)c1F)(C(=O)O)c1cccs1. The number of halogens is 5. The number of aliphatic carboxylic acids is 1. The van der Waals surface area contributed by atoms with Gasteiger partial charge in [0, 0.05) is 16.5 Å². The van der Waals surface area contributed by atoms with Crippen molar-refractivity contribution in [1.82, 2.24) is 0 Å². The molecule has 1 aromatic heterocycles. The van der Waals surface area contributed by atoms with Gasteiger partial charge in [0.25, 0.3) is 5.91 Å². The van der Waals surface area contributed by atoms with Crippen molar-refractivity contribution < 1.29 is 65.2 Å². The van der Waals surface area contributed by atoms with Crippen molar-refractivity contribution in [2.75, 3.05) is 11.9 Å². The Labute approximate surface area is 298 Å². The number of carboxylic acids is 1. The van der Waals surface area contributed by atoms with Gasteiger partial charge in [0.2, 0.25) is 17.0 Å². The van der Waals surface area contributed by atoms with E-state index in [0.717, 1.165) is 23.5 Å². The van der Waals surface area contributed by atoms with Gasteiger partial charge in [-0.3, -0.25) is 14.4 Å². The zero-order valence-electron chi connectivity index (χ0n) is 28.0. The van der Waals surface area contributed by atoms with Crippen LogP contribution in [0.1, 0.15) is 54.9 Å². The number of carbonyl (C=O) groups is 4. The lowest BCUT2D eigenvalue weighted by molar-refractivity contribution is -0.167. The van der Waals surface area contributed by atoms with Crippen molar-refractivity contribution >= 4 is 41.0 Å². The zero-order chi connectivity index (χ0) is 38.4. The largest absolute Gasteiger partial charge is 0.514 e. The molecule has 0 aliphatic carbocycles. The van der Waals surface area contributed by atoms with Gasteiger partial charge in [-0.15, -0.1) is 11.3 Å². The first-order valence-corrected chi connectivity index (χ1v) is 16.5. The molecule has 0 fully saturated rings. The van der Waals surface area contributed by atoms with Gasteiger partial charge in [-0.05, 0) is 68.0 Å². The van der Waals surface area contributed by atoms with Crippen LogP contribution >= 0.6 is 11.3 Å². The van der Waals surface area contributed by atoms with E-state index < -0.39 is 88.8 Å². The number of esters is 1. The van der Waals surface area contributed by atoms with Gasteiger partial charge < -0.3 is 29.4 Å². The van der Waals surface area contributed by atoms with Crippen molar-refractivity contribution in [2.45, 2.75) is 57.9 Å². The second-order valence-electron chi connectivity index (χ2n) is 11.6. The molecule has 4 aromatic rings. The third-order valence-electron chi connectivity index (χ3n) is 7.56. The van der Waals surface area contributed by atoms with Crippen molar-refractivity contribution in [1.29, 1.82) is 0 Å². The van der Waals surface area contributed by atoms with Crippen LogP contribution in [0.3, 0.4) is 0 Å². The Hall–Kier alpha value is -5.51. The topological polar surface area (TPSA) is 137 Å². The third-order valence-corrected chi connectivity index (χ3v) is 8.59. The Morgan fingerprint density at radius 3 is 2.17 bits per heavy atom. The molecule has 2 unspecified atom stereocenters. The highest BCUT2D eigenvalue weighted by Gasteiger charge is 2.53. The predicted octanol–water partition coefficient (Wildman–Crippen LogP) is 8.63. The van der Waals surface area contributed by atoms with Crippen LogP contribution in [0.15, 0.2) is 72.1 Å². The number of carboxylic acid groups (broad SMARTS) is 1. The van der Waals surface area contributed by atoms with Gasteiger partial charge in [0.1, 0.15) is 6.61 Å². The molecule has 4 rings (SSSR count). The van der Waals surface area contributed by atoms with Crippen LogP contribution in [-0.2, 0) is 30.7 Å². The van der Waals surface area contributed by atoms with Crippen molar-refractivity contribution in [2.24, 2.45) is 0 Å². The number of thiophene rings is 1. The molecule has 2 N–H and O–H groups in total. The summed E-state index contributed by atoms with van der Waals surface area (Å²) in [5.41, 5.74) is -3.59. The maximum Gasteiger partial charge on any atom is 0.514 e. The summed E-state index contributed by atoms with van der Waals surface area (Å²) in [4.78, 5) is 51.8. The fourth-order valence-electron chi connectivity index (χ4n) is 4.74. The number of hydrogen-bond donors (Lipinski definition) is 2. The second kappa shape index (κ2) is 16.2. The minimum absolute atomic E-state index is 0.0499. The molecule has 0 aliphatic rings. The molecule has 0 saturated carbocycles. The van der Waals surface area contributed by atoms with E-state index in [0.29, 0.717) is 12.5 Å². The number of anilines is 1. The van der Waals surface area contributed by atoms with Crippen LogP contribution in [0.25, 0.3) is 11.1 Å². The number of benzene rings is 3. The van der Waals surface area contributed by atoms with Gasteiger partial charge in [-0.1, -0.05) is 43.3 Å². The van der Waals surface area contributed by atoms with Gasteiger partial charge in [-0.2, -0.15) is 17.6 Å². The maximum absolute atomic E-state index is 15.9. The van der Waals surface area contributed by atoms with E-state index in [4.69, 9.17) is 18.9 Å². The van der Waals surface area contributed by atoms with Crippen LogP contribution in [0.4, 0.5) is 32.4 Å². The van der Waals surface area contributed by atoms with Crippen molar-refractivity contribution in [3.8, 4) is 22.6 Å². The van der Waals surface area contributed by atoms with E-state index >= 15 is 8.78 Å². The molecule has 52 heavy (non-hydrogen) atoms. The Bertz CT molecular complexity index is 1930. The Morgan fingerprint density at radius 2 is 1.60 bits per heavy atom. The highest BCUT2D eigenvalue weighted by molar-refractivity contribution is 7.10. The normalized spacial score (nSPS) is 13.1. The quantitative estimate of drug-likeness (QED) is 0.0596. The lowest BCUT2D eigenvalue weighted by Crippen LogP contribution is -2.49. The van der Waals surface area contributed by atoms with Gasteiger partial charge in [0.05, 0.1) is 23.5 Å². The molecule has 0 spiro atoms. The average Bonchev–Trinajstić information content (AvgIpc) is 3.63. The number of alkyl halides is 3. The molecule has 0 aliphatic heterocycles. The van der Waals surface area contributed by atoms with Crippen molar-refractivity contribution in [3.63, 3.8) is 0 Å². The summed E-state index contributed by atoms with van der Waals surface area (Å²) in [6.07, 6.45) is -7.49. The molecule has 10 nitrogen and oxygen atoms in total. The Balaban J connectivity index is 1.62. The summed E-state index contributed by atoms with van der Waals surface area (Å²) in [7, 11) is 0. The van der Waals surface area contributed by atoms with E-state index in [1.807, 2.05) is 0 Å². The maximum atomic E-state index is 15.9. The Kier molecular flexibility index (Phi) is 12.3. The average molecular weight is 750 g/mol. The minimum Gasteiger partial charge on any atom is -0.486 e. The molecule has 2 atom stereocenters. The number of ether oxygens (including phenoxy) is 4. The highest BCUT2D eigenvalue weighted by Crippen LogP contribution is 2.39. The molecular weight excluding hydrogens is 717 g/mol. The van der Waals surface area contributed by atoms with Gasteiger partial charge in [0.15, 0.2) is 11.6 Å². The van der Waals surface area contributed by atoms with Crippen molar-refractivity contribution in [3.05, 3.63) is 99.7 Å². The van der Waals surface area contributed by atoms with E-state index in [2.05, 4.69) is 5.32 Å². The summed E-state index contributed by atoms with van der Waals surface area (Å²) < 4.78 is 91.1. The molecule has 0 radical (unpaired) electrons. The van der Waals surface area contributed by atoms with Crippen LogP contribution in [0, 0.1) is 11.6 Å². The van der Waals surface area contributed by atoms with E-state index in [-0.39, 0.29) is 21.6 Å². The monoisotopic (exact) mass is 749 g/mol. The standard InChI is InChI=1S/C36H32F5NO9S/c1-5-20(4)50-33(46)35(32(44)45,27-11-8-16-52-27)18-48-34(47)51-29-25(37)17-26(30(28(29)38)49-19(2)3)42-31(43)24-10-7-6-9-23(24)21-12-14-22(15-13-21)36(39,40)41/h6-17,19-20H,5,18H2,1-4H3,(H,42,43)(H,44,45). The van der Waals surface area contributed by atoms with Crippen LogP contribution < -0.4 is 14.8 Å². The lowest BCUT2D eigenvalue weighted by atomic mass is 9.87. The molecule has 3 aromatic carbocycles. The third kappa shape index (κ3) is 8.67. The van der Waals surface area contributed by atoms with E-state index in [1.54, 1.807) is 6.92 Å². The van der Waals surface area contributed by atoms with Gasteiger partial charge >= 0.3 is 24.3 Å². The lowest BCUT2D eigenvalue weighted by Gasteiger charge is -2.27. The minimum atomic E-state index is -4.59. The Morgan fingerprint density at radius 1 is 0.923 bits per heavy atom. The molecule has 1 amide bonds. The first kappa shape index (κ1) is 39.3. The zero-order valence-corrected chi connectivity index (χ0v) is 28.8. The molecule has 16 heteroatoms. The molecule has 0 bridgehead atoms. The van der Waals surface area contributed by atoms with Crippen LogP contribution in [0.5, 0.6) is 11.5 Å². The molecule has 1 heterocycles. The number of carbonyl (C=O) groups excluding carboxylic acids is 3. The van der Waals surface area contributed by atoms with Crippen LogP contribution in [0.2, 0.25) is 0 Å². The van der Waals surface area contributed by atoms with E-state index in [9.17, 15) is 37.5 Å². The predicted molar refractivity (Wildman–Crippen MR) is 178 cm³/mol. The summed E-state index contributed by atoms with van der Waals surface area (Å²) in [5, 5.41) is 13.9. The summed E-state index contributed by atoms with van der Waals surface area (Å²) >= 11 is 0.869.